The van der Waals surface area contributed by atoms with E-state index in [1.54, 1.807) is 15.9 Å². The predicted molar refractivity (Wildman–Crippen MR) is 112 cm³/mol. The van der Waals surface area contributed by atoms with Gasteiger partial charge in [-0.3, -0.25) is 15.1 Å². The minimum Gasteiger partial charge on any atom is -0.322 e. The number of benzene rings is 1. The molecule has 0 spiro atoms. The normalized spacial score (nSPS) is 18.5. The molecule has 2 aliphatic rings. The molecule has 9 heteroatoms. The summed E-state index contributed by atoms with van der Waals surface area (Å²) in [7, 11) is -3.07. The molecule has 1 heterocycles. The molecule has 1 aromatic carbocycles. The van der Waals surface area contributed by atoms with Crippen LogP contribution in [0.2, 0.25) is 0 Å². The van der Waals surface area contributed by atoms with E-state index < -0.39 is 9.84 Å². The molecule has 29 heavy (non-hydrogen) atoms. The molecule has 0 unspecified atom stereocenters. The molecule has 1 fully saturated rings. The highest BCUT2D eigenvalue weighted by Gasteiger charge is 2.30. The van der Waals surface area contributed by atoms with E-state index in [0.29, 0.717) is 25.0 Å². The average molecular weight is 419 g/mol. The first-order valence-electron chi connectivity index (χ1n) is 9.53. The first-order chi connectivity index (χ1) is 13.8. The SMILES string of the molecule is Cc1ccccc1N(CC1=CC=C(C(=O)NN)CC1)C(=O)N1CCS(=O)(=O)CC1. The summed E-state index contributed by atoms with van der Waals surface area (Å²) in [4.78, 5) is 28.3. The van der Waals surface area contributed by atoms with Gasteiger partial charge in [0.1, 0.15) is 0 Å². The van der Waals surface area contributed by atoms with Crippen molar-refractivity contribution in [1.82, 2.24) is 10.3 Å². The molecule has 0 saturated carbocycles. The molecule has 3 amide bonds. The smallest absolute Gasteiger partial charge is 0.322 e. The molecule has 0 aromatic heterocycles. The third kappa shape index (κ3) is 5.04. The maximum absolute atomic E-state index is 13.3. The lowest BCUT2D eigenvalue weighted by atomic mass is 9.97. The van der Waals surface area contributed by atoms with E-state index >= 15 is 0 Å². The first-order valence-corrected chi connectivity index (χ1v) is 11.3. The van der Waals surface area contributed by atoms with E-state index in [4.69, 9.17) is 5.84 Å². The highest BCUT2D eigenvalue weighted by atomic mass is 32.2. The number of hydrogen-bond donors (Lipinski definition) is 2. The molecular weight excluding hydrogens is 392 g/mol. The van der Waals surface area contributed by atoms with E-state index in [1.807, 2.05) is 37.3 Å². The zero-order valence-corrected chi connectivity index (χ0v) is 17.2. The fourth-order valence-corrected chi connectivity index (χ4v) is 4.69. The Morgan fingerprint density at radius 1 is 1.14 bits per heavy atom. The maximum Gasteiger partial charge on any atom is 0.324 e. The number of rotatable bonds is 4. The Kier molecular flexibility index (Phi) is 6.39. The van der Waals surface area contributed by atoms with Crippen LogP contribution in [0.1, 0.15) is 18.4 Å². The van der Waals surface area contributed by atoms with Crippen molar-refractivity contribution in [2.24, 2.45) is 5.84 Å². The van der Waals surface area contributed by atoms with Crippen molar-refractivity contribution >= 4 is 27.5 Å². The standard InChI is InChI=1S/C20H26N4O4S/c1-15-4-2-3-5-18(15)24(20(26)23-10-12-29(27,28)13-11-23)14-16-6-8-17(9-7-16)19(25)22-21/h2-6,8H,7,9-14,21H2,1H3,(H,22,25). The fraction of sp³-hybridized carbons (Fsp3) is 0.400. The van der Waals surface area contributed by atoms with Crippen LogP contribution < -0.4 is 16.2 Å². The van der Waals surface area contributed by atoms with Gasteiger partial charge in [0.25, 0.3) is 5.91 Å². The average Bonchev–Trinajstić information content (AvgIpc) is 2.72. The third-order valence-electron chi connectivity index (χ3n) is 5.27. The Morgan fingerprint density at radius 2 is 1.83 bits per heavy atom. The third-order valence-corrected chi connectivity index (χ3v) is 6.88. The first kappa shape index (κ1) is 21.1. The van der Waals surface area contributed by atoms with Crippen molar-refractivity contribution in [3.8, 4) is 0 Å². The van der Waals surface area contributed by atoms with Crippen LogP contribution in [0.3, 0.4) is 0 Å². The summed E-state index contributed by atoms with van der Waals surface area (Å²) < 4.78 is 23.5. The zero-order chi connectivity index (χ0) is 21.0. The Hall–Kier alpha value is -2.65. The summed E-state index contributed by atoms with van der Waals surface area (Å²) >= 11 is 0. The van der Waals surface area contributed by atoms with Gasteiger partial charge < -0.3 is 4.90 Å². The zero-order valence-electron chi connectivity index (χ0n) is 16.4. The Balaban J connectivity index is 1.84. The highest BCUT2D eigenvalue weighted by Crippen LogP contribution is 2.26. The number of urea groups is 1. The van der Waals surface area contributed by atoms with Gasteiger partial charge in [-0.2, -0.15) is 0 Å². The molecule has 8 nitrogen and oxygen atoms in total. The number of amides is 3. The second-order valence-electron chi connectivity index (χ2n) is 7.28. The number of carbonyl (C=O) groups excluding carboxylic acids is 2. The van der Waals surface area contributed by atoms with Crippen molar-refractivity contribution in [2.75, 3.05) is 36.0 Å². The number of carbonyl (C=O) groups is 2. The Bertz CT molecular complexity index is 954. The van der Waals surface area contributed by atoms with E-state index in [-0.39, 0.29) is 36.5 Å². The van der Waals surface area contributed by atoms with Gasteiger partial charge in [0, 0.05) is 30.9 Å². The second kappa shape index (κ2) is 8.79. The van der Waals surface area contributed by atoms with Crippen molar-refractivity contribution in [2.45, 2.75) is 19.8 Å². The highest BCUT2D eigenvalue weighted by molar-refractivity contribution is 7.91. The van der Waals surface area contributed by atoms with Gasteiger partial charge in [-0.1, -0.05) is 35.9 Å². The number of anilines is 1. The topological polar surface area (TPSA) is 113 Å². The molecule has 1 aliphatic heterocycles. The number of para-hydroxylation sites is 1. The van der Waals surface area contributed by atoms with Crippen LogP contribution in [0.15, 0.2) is 47.6 Å². The maximum atomic E-state index is 13.3. The number of nitrogens with zero attached hydrogens (tertiary/aromatic N) is 2. The Morgan fingerprint density at radius 3 is 2.41 bits per heavy atom. The number of nitrogens with one attached hydrogen (secondary N) is 1. The number of nitrogens with two attached hydrogens (primary N) is 1. The number of hydrogen-bond acceptors (Lipinski definition) is 5. The molecule has 0 bridgehead atoms. The lowest BCUT2D eigenvalue weighted by Gasteiger charge is -2.34. The molecule has 1 aromatic rings. The number of hydrazine groups is 1. The monoisotopic (exact) mass is 418 g/mol. The van der Waals surface area contributed by atoms with Gasteiger partial charge in [-0.15, -0.1) is 0 Å². The largest absolute Gasteiger partial charge is 0.324 e. The molecule has 156 valence electrons. The lowest BCUT2D eigenvalue weighted by Crippen LogP contribution is -2.50. The van der Waals surface area contributed by atoms with E-state index in [2.05, 4.69) is 5.43 Å². The molecule has 0 radical (unpaired) electrons. The summed E-state index contributed by atoms with van der Waals surface area (Å²) in [5.41, 5.74) is 5.50. The number of aryl methyl sites for hydroxylation is 1. The molecule has 1 aliphatic carbocycles. The van der Waals surface area contributed by atoms with E-state index in [9.17, 15) is 18.0 Å². The van der Waals surface area contributed by atoms with Gasteiger partial charge in [0.15, 0.2) is 9.84 Å². The second-order valence-corrected chi connectivity index (χ2v) is 9.59. The summed E-state index contributed by atoms with van der Waals surface area (Å²) in [6, 6.07) is 7.41. The van der Waals surface area contributed by atoms with Crippen molar-refractivity contribution in [3.63, 3.8) is 0 Å². The van der Waals surface area contributed by atoms with Gasteiger partial charge in [0.05, 0.1) is 11.5 Å². The van der Waals surface area contributed by atoms with Crippen LogP contribution in [0.4, 0.5) is 10.5 Å². The van der Waals surface area contributed by atoms with Crippen LogP contribution >= 0.6 is 0 Å². The minimum absolute atomic E-state index is 0.0106. The van der Waals surface area contributed by atoms with E-state index in [0.717, 1.165) is 16.8 Å². The van der Waals surface area contributed by atoms with Crippen molar-refractivity contribution in [3.05, 3.63) is 53.1 Å². The van der Waals surface area contributed by atoms with Gasteiger partial charge >= 0.3 is 6.03 Å². The number of allylic oxidation sites excluding steroid dienone is 2. The lowest BCUT2D eigenvalue weighted by molar-refractivity contribution is -0.117. The summed E-state index contributed by atoms with van der Waals surface area (Å²) in [5.74, 6) is 4.86. The summed E-state index contributed by atoms with van der Waals surface area (Å²) in [6.45, 7) is 2.71. The van der Waals surface area contributed by atoms with Crippen LogP contribution in [-0.4, -0.2) is 56.4 Å². The molecular formula is C20H26N4O4S. The van der Waals surface area contributed by atoms with Gasteiger partial charge in [0.2, 0.25) is 0 Å². The van der Waals surface area contributed by atoms with Crippen LogP contribution in [0, 0.1) is 6.92 Å². The molecule has 3 rings (SSSR count). The van der Waals surface area contributed by atoms with Crippen LogP contribution in [0.25, 0.3) is 0 Å². The fourth-order valence-electron chi connectivity index (χ4n) is 3.49. The van der Waals surface area contributed by atoms with E-state index in [1.165, 1.54) is 0 Å². The summed E-state index contributed by atoms with van der Waals surface area (Å²) in [6.07, 6.45) is 4.78. The minimum atomic E-state index is -3.07. The van der Waals surface area contributed by atoms with Crippen LogP contribution in [0.5, 0.6) is 0 Å². The van der Waals surface area contributed by atoms with Crippen molar-refractivity contribution < 1.29 is 18.0 Å². The molecule has 3 N–H and O–H groups in total. The van der Waals surface area contributed by atoms with Crippen LogP contribution in [-0.2, 0) is 14.6 Å². The molecule has 0 atom stereocenters. The van der Waals surface area contributed by atoms with Gasteiger partial charge in [-0.25, -0.2) is 19.1 Å². The van der Waals surface area contributed by atoms with Gasteiger partial charge in [-0.05, 0) is 31.4 Å². The molecule has 1 saturated heterocycles. The summed E-state index contributed by atoms with van der Waals surface area (Å²) in [5, 5.41) is 0. The predicted octanol–water partition coefficient (Wildman–Crippen LogP) is 1.29. The Labute approximate surface area is 170 Å². The quantitative estimate of drug-likeness (QED) is 0.435. The van der Waals surface area contributed by atoms with Crippen molar-refractivity contribution in [1.29, 1.82) is 0 Å². The number of sulfone groups is 1.